The molecule has 0 aliphatic carbocycles. The number of anilines is 1. The molecule has 0 aromatic heterocycles. The van der Waals surface area contributed by atoms with Crippen molar-refractivity contribution in [1.29, 1.82) is 0 Å². The van der Waals surface area contributed by atoms with Crippen molar-refractivity contribution in [2.45, 2.75) is 18.9 Å². The van der Waals surface area contributed by atoms with Crippen molar-refractivity contribution in [3.05, 3.63) is 54.3 Å². The number of benzene rings is 2. The number of hydrogen-bond donors (Lipinski definition) is 3. The molecule has 0 spiro atoms. The molecule has 0 saturated carbocycles. The third kappa shape index (κ3) is 5.52. The first-order valence-corrected chi connectivity index (χ1v) is 8.94. The van der Waals surface area contributed by atoms with Gasteiger partial charge in [-0.05, 0) is 48.2 Å². The molecule has 0 bridgehead atoms. The molecule has 1 heterocycles. The van der Waals surface area contributed by atoms with E-state index in [-0.39, 0.29) is 30.3 Å². The highest BCUT2D eigenvalue weighted by Crippen LogP contribution is 2.22. The van der Waals surface area contributed by atoms with Gasteiger partial charge in [0.25, 0.3) is 0 Å². The monoisotopic (exact) mass is 370 g/mol. The van der Waals surface area contributed by atoms with E-state index in [2.05, 4.69) is 10.6 Å². The van der Waals surface area contributed by atoms with Gasteiger partial charge in [0, 0.05) is 24.8 Å². The molecule has 7 heteroatoms. The van der Waals surface area contributed by atoms with Crippen LogP contribution in [-0.4, -0.2) is 42.5 Å². The molecule has 1 aliphatic rings. The van der Waals surface area contributed by atoms with E-state index in [1.54, 1.807) is 18.2 Å². The lowest BCUT2D eigenvalue weighted by atomic mass is 10.1. The quantitative estimate of drug-likeness (QED) is 0.756. The Labute approximate surface area is 157 Å². The lowest BCUT2D eigenvalue weighted by Gasteiger charge is -2.31. The van der Waals surface area contributed by atoms with Gasteiger partial charge in [0.2, 0.25) is 5.91 Å². The predicted octanol–water partition coefficient (Wildman–Crippen LogP) is 2.56. The molecule has 0 radical (unpaired) electrons. The standard InChI is InChI=1S/C20H23FN4O2/c21-16-3-1-2-15(12-16)14-4-6-17(7-5-14)23-20(27)24-18-8-10-25(11-9-18)13-19(22)26/h1-7,12,18H,8-11,13H2,(H2,22,26)(H2,23,24,27). The molecule has 4 N–H and O–H groups in total. The number of halogens is 1. The van der Waals surface area contributed by atoms with E-state index >= 15 is 0 Å². The molecule has 0 atom stereocenters. The molecular formula is C20H23FN4O2. The van der Waals surface area contributed by atoms with Crippen molar-refractivity contribution in [3.8, 4) is 11.1 Å². The van der Waals surface area contributed by atoms with Crippen LogP contribution in [0.25, 0.3) is 11.1 Å². The molecule has 3 amide bonds. The molecule has 27 heavy (non-hydrogen) atoms. The highest BCUT2D eigenvalue weighted by atomic mass is 19.1. The van der Waals surface area contributed by atoms with Crippen LogP contribution in [0.5, 0.6) is 0 Å². The highest BCUT2D eigenvalue weighted by molar-refractivity contribution is 5.89. The number of piperidine rings is 1. The fraction of sp³-hybridized carbons (Fsp3) is 0.300. The van der Waals surface area contributed by atoms with E-state index < -0.39 is 0 Å². The van der Waals surface area contributed by atoms with Crippen molar-refractivity contribution in [3.63, 3.8) is 0 Å². The Morgan fingerprint density at radius 3 is 2.41 bits per heavy atom. The van der Waals surface area contributed by atoms with Gasteiger partial charge in [-0.15, -0.1) is 0 Å². The minimum atomic E-state index is -0.333. The summed E-state index contributed by atoms with van der Waals surface area (Å²) in [5, 5.41) is 5.76. The van der Waals surface area contributed by atoms with Crippen molar-refractivity contribution >= 4 is 17.6 Å². The van der Waals surface area contributed by atoms with Crippen LogP contribution in [0.2, 0.25) is 0 Å². The Kier molecular flexibility index (Phi) is 6.03. The van der Waals surface area contributed by atoms with Gasteiger partial charge < -0.3 is 16.4 Å². The predicted molar refractivity (Wildman–Crippen MR) is 103 cm³/mol. The summed E-state index contributed by atoms with van der Waals surface area (Å²) in [6.07, 6.45) is 1.55. The SMILES string of the molecule is NC(=O)CN1CCC(NC(=O)Nc2ccc(-c3cccc(F)c3)cc2)CC1. The van der Waals surface area contributed by atoms with Crippen LogP contribution in [-0.2, 0) is 4.79 Å². The lowest BCUT2D eigenvalue weighted by Crippen LogP contribution is -2.47. The Morgan fingerprint density at radius 1 is 1.07 bits per heavy atom. The minimum absolute atomic E-state index is 0.0701. The average Bonchev–Trinajstić information content (AvgIpc) is 2.63. The van der Waals surface area contributed by atoms with E-state index in [1.807, 2.05) is 23.1 Å². The Balaban J connectivity index is 1.49. The van der Waals surface area contributed by atoms with Gasteiger partial charge in [-0.3, -0.25) is 9.69 Å². The number of amides is 3. The molecular weight excluding hydrogens is 347 g/mol. The fourth-order valence-electron chi connectivity index (χ4n) is 3.22. The summed E-state index contributed by atoms with van der Waals surface area (Å²) >= 11 is 0. The van der Waals surface area contributed by atoms with E-state index in [1.165, 1.54) is 12.1 Å². The zero-order valence-electron chi connectivity index (χ0n) is 15.0. The molecule has 6 nitrogen and oxygen atoms in total. The Bertz CT molecular complexity index is 802. The molecule has 1 aliphatic heterocycles. The van der Waals surface area contributed by atoms with Crippen LogP contribution in [0.3, 0.4) is 0 Å². The number of rotatable bonds is 5. The van der Waals surface area contributed by atoms with Crippen molar-refractivity contribution in [2.75, 3.05) is 25.0 Å². The van der Waals surface area contributed by atoms with E-state index in [0.717, 1.165) is 37.1 Å². The van der Waals surface area contributed by atoms with E-state index in [0.29, 0.717) is 5.69 Å². The van der Waals surface area contributed by atoms with Gasteiger partial charge in [0.05, 0.1) is 6.54 Å². The molecule has 1 fully saturated rings. The minimum Gasteiger partial charge on any atom is -0.369 e. The van der Waals surface area contributed by atoms with Gasteiger partial charge in [0.1, 0.15) is 5.82 Å². The van der Waals surface area contributed by atoms with E-state index in [9.17, 15) is 14.0 Å². The second-order valence-corrected chi connectivity index (χ2v) is 6.70. The fourth-order valence-corrected chi connectivity index (χ4v) is 3.22. The number of primary amides is 1. The van der Waals surface area contributed by atoms with Crippen LogP contribution >= 0.6 is 0 Å². The van der Waals surface area contributed by atoms with Crippen LogP contribution in [0.4, 0.5) is 14.9 Å². The number of nitrogens with two attached hydrogens (primary N) is 1. The van der Waals surface area contributed by atoms with Gasteiger partial charge in [-0.2, -0.15) is 0 Å². The zero-order chi connectivity index (χ0) is 19.2. The van der Waals surface area contributed by atoms with Crippen LogP contribution in [0.1, 0.15) is 12.8 Å². The van der Waals surface area contributed by atoms with Gasteiger partial charge in [-0.25, -0.2) is 9.18 Å². The summed E-state index contributed by atoms with van der Waals surface area (Å²) in [5.41, 5.74) is 7.53. The molecule has 3 rings (SSSR count). The number of urea groups is 1. The number of hydrogen-bond acceptors (Lipinski definition) is 3. The molecule has 142 valence electrons. The number of carbonyl (C=O) groups excluding carboxylic acids is 2. The maximum Gasteiger partial charge on any atom is 0.319 e. The number of carbonyl (C=O) groups is 2. The van der Waals surface area contributed by atoms with Crippen molar-refractivity contribution in [1.82, 2.24) is 10.2 Å². The maximum absolute atomic E-state index is 13.3. The third-order valence-corrected chi connectivity index (χ3v) is 4.60. The van der Waals surface area contributed by atoms with Crippen LogP contribution in [0.15, 0.2) is 48.5 Å². The zero-order valence-corrected chi connectivity index (χ0v) is 15.0. The summed E-state index contributed by atoms with van der Waals surface area (Å²) in [5.74, 6) is -0.614. The van der Waals surface area contributed by atoms with Crippen molar-refractivity contribution < 1.29 is 14.0 Å². The number of nitrogens with zero attached hydrogens (tertiary/aromatic N) is 1. The molecule has 1 saturated heterocycles. The summed E-state index contributed by atoms with van der Waals surface area (Å²) in [6, 6.07) is 13.4. The normalized spacial score (nSPS) is 15.3. The summed E-state index contributed by atoms with van der Waals surface area (Å²) in [7, 11) is 0. The van der Waals surface area contributed by atoms with Gasteiger partial charge >= 0.3 is 6.03 Å². The highest BCUT2D eigenvalue weighted by Gasteiger charge is 2.21. The second kappa shape index (κ2) is 8.64. The smallest absolute Gasteiger partial charge is 0.319 e. The molecule has 0 unspecified atom stereocenters. The maximum atomic E-state index is 13.3. The van der Waals surface area contributed by atoms with E-state index in [4.69, 9.17) is 5.73 Å². The summed E-state index contributed by atoms with van der Waals surface area (Å²) in [6.45, 7) is 1.73. The Hall–Kier alpha value is -2.93. The van der Waals surface area contributed by atoms with Crippen molar-refractivity contribution in [2.24, 2.45) is 5.73 Å². The van der Waals surface area contributed by atoms with Crippen LogP contribution in [0, 0.1) is 5.82 Å². The number of likely N-dealkylation sites (tertiary alicyclic amines) is 1. The second-order valence-electron chi connectivity index (χ2n) is 6.70. The lowest BCUT2D eigenvalue weighted by molar-refractivity contribution is -0.119. The summed E-state index contributed by atoms with van der Waals surface area (Å²) < 4.78 is 13.3. The third-order valence-electron chi connectivity index (χ3n) is 4.60. The molecule has 2 aromatic rings. The topological polar surface area (TPSA) is 87.5 Å². The molecule has 2 aromatic carbocycles. The first kappa shape index (κ1) is 18.8. The average molecular weight is 370 g/mol. The summed E-state index contributed by atoms with van der Waals surface area (Å²) in [4.78, 5) is 25.1. The van der Waals surface area contributed by atoms with Crippen LogP contribution < -0.4 is 16.4 Å². The number of nitrogens with one attached hydrogen (secondary N) is 2. The Morgan fingerprint density at radius 2 is 1.78 bits per heavy atom. The van der Waals surface area contributed by atoms with Gasteiger partial charge in [-0.1, -0.05) is 24.3 Å². The first-order chi connectivity index (χ1) is 13.0. The largest absolute Gasteiger partial charge is 0.369 e. The first-order valence-electron chi connectivity index (χ1n) is 8.94. The van der Waals surface area contributed by atoms with Gasteiger partial charge in [0.15, 0.2) is 0 Å².